The van der Waals surface area contributed by atoms with Crippen LogP contribution in [0.2, 0.25) is 0 Å². The molecule has 11 rings (SSSR count). The first-order valence-electron chi connectivity index (χ1n) is 18.7. The van der Waals surface area contributed by atoms with E-state index in [0.717, 1.165) is 60.7 Å². The third-order valence-electron chi connectivity index (χ3n) is 11.2. The van der Waals surface area contributed by atoms with Crippen LogP contribution >= 0.6 is 7.14 Å². The van der Waals surface area contributed by atoms with Crippen LogP contribution in [-0.2, 0) is 4.57 Å². The fourth-order valence-corrected chi connectivity index (χ4v) is 12.1. The zero-order valence-corrected chi connectivity index (χ0v) is 30.7. The summed E-state index contributed by atoms with van der Waals surface area (Å²) in [6.45, 7) is 0. The maximum Gasteiger partial charge on any atom is 0.175 e. The van der Waals surface area contributed by atoms with Crippen molar-refractivity contribution in [1.82, 2.24) is 9.55 Å². The maximum absolute atomic E-state index is 16.4. The van der Waals surface area contributed by atoms with Crippen LogP contribution in [0.15, 0.2) is 200 Å². The molecule has 2 heterocycles. The highest BCUT2D eigenvalue weighted by molar-refractivity contribution is 7.86. The van der Waals surface area contributed by atoms with E-state index in [-0.39, 0.29) is 0 Å². The highest BCUT2D eigenvalue weighted by Crippen LogP contribution is 2.53. The standard InChI is InChI=1S/C51H33N2OP/c54-55(38-23-8-3-9-24-38)46-32-16-30-44-49(46)53(51(52-44)35-19-6-2-7-20-35)45-31-15-29-39(50(45)55)36-21-14-22-37(33-36)48-42-27-12-10-25-40(42)47(34-17-4-1-5-18-34)41-26-11-13-28-43(41)48/h1-33H. The Balaban J connectivity index is 1.21. The van der Waals surface area contributed by atoms with Crippen molar-refractivity contribution in [2.24, 2.45) is 0 Å². The van der Waals surface area contributed by atoms with Crippen molar-refractivity contribution in [1.29, 1.82) is 0 Å². The third-order valence-corrected chi connectivity index (χ3v) is 14.3. The zero-order valence-electron chi connectivity index (χ0n) is 29.8. The van der Waals surface area contributed by atoms with Crippen LogP contribution in [0.1, 0.15) is 0 Å². The Labute approximate surface area is 319 Å². The Morgan fingerprint density at radius 1 is 0.436 bits per heavy atom. The molecule has 1 aliphatic rings. The fraction of sp³-hybridized carbons (Fsp3) is 0. The average molecular weight is 721 g/mol. The Morgan fingerprint density at radius 2 is 0.945 bits per heavy atom. The van der Waals surface area contributed by atoms with E-state index >= 15 is 4.57 Å². The normalized spacial score (nSPS) is 14.7. The molecule has 4 heteroatoms. The Kier molecular flexibility index (Phi) is 7.14. The Morgan fingerprint density at radius 3 is 1.60 bits per heavy atom. The Bertz CT molecular complexity index is 3110. The van der Waals surface area contributed by atoms with E-state index in [1.165, 1.54) is 38.2 Å². The number of fused-ring (bicyclic) bond motifs is 4. The summed E-state index contributed by atoms with van der Waals surface area (Å²) in [6.07, 6.45) is 0. The highest BCUT2D eigenvalue weighted by Gasteiger charge is 2.41. The van der Waals surface area contributed by atoms with Gasteiger partial charge in [0, 0.05) is 16.2 Å². The Hall–Kier alpha value is -6.80. The van der Waals surface area contributed by atoms with Gasteiger partial charge in [-0.25, -0.2) is 4.98 Å². The predicted molar refractivity (Wildman–Crippen MR) is 231 cm³/mol. The summed E-state index contributed by atoms with van der Waals surface area (Å²) in [6, 6.07) is 69.8. The minimum absolute atomic E-state index is 0.814. The van der Waals surface area contributed by atoms with E-state index in [0.29, 0.717) is 0 Å². The van der Waals surface area contributed by atoms with Crippen molar-refractivity contribution in [3.63, 3.8) is 0 Å². The van der Waals surface area contributed by atoms with Gasteiger partial charge < -0.3 is 4.57 Å². The molecule has 0 saturated heterocycles. The molecule has 3 nitrogen and oxygen atoms in total. The molecule has 0 bridgehead atoms. The van der Waals surface area contributed by atoms with Crippen LogP contribution in [0.4, 0.5) is 0 Å². The first kappa shape index (κ1) is 31.7. The summed E-state index contributed by atoms with van der Waals surface area (Å²) >= 11 is 0. The first-order chi connectivity index (χ1) is 27.2. The lowest BCUT2D eigenvalue weighted by atomic mass is 9.85. The lowest BCUT2D eigenvalue weighted by Crippen LogP contribution is -2.34. The number of hydrogen-bond donors (Lipinski definition) is 0. The minimum atomic E-state index is -3.41. The molecule has 0 radical (unpaired) electrons. The molecule has 0 fully saturated rings. The van der Waals surface area contributed by atoms with Gasteiger partial charge in [0.1, 0.15) is 5.82 Å². The average Bonchev–Trinajstić information content (AvgIpc) is 3.66. The lowest BCUT2D eigenvalue weighted by Gasteiger charge is -2.31. The highest BCUT2D eigenvalue weighted by atomic mass is 31.2. The molecule has 0 N–H and O–H groups in total. The summed E-state index contributed by atoms with van der Waals surface area (Å²) < 4.78 is 18.7. The molecular formula is C51H33N2OP. The zero-order chi connectivity index (χ0) is 36.5. The van der Waals surface area contributed by atoms with Crippen molar-refractivity contribution in [2.45, 2.75) is 0 Å². The van der Waals surface area contributed by atoms with E-state index in [4.69, 9.17) is 4.98 Å². The first-order valence-corrected chi connectivity index (χ1v) is 20.4. The molecular weight excluding hydrogens is 688 g/mol. The second-order valence-electron chi connectivity index (χ2n) is 14.2. The van der Waals surface area contributed by atoms with Gasteiger partial charge in [-0.05, 0) is 79.2 Å². The van der Waals surface area contributed by atoms with Gasteiger partial charge in [0.25, 0.3) is 0 Å². The number of benzene rings is 9. The van der Waals surface area contributed by atoms with Crippen LogP contribution < -0.4 is 15.9 Å². The SMILES string of the molecule is O=P1(c2ccccc2)c2c(-c3cccc(-c4c5ccccc5c(-c5ccccc5)c5ccccc45)c3)cccc2-n2c(-c3ccccc3)nc3cccc1c32. The largest absolute Gasteiger partial charge is 0.308 e. The molecule has 258 valence electrons. The van der Waals surface area contributed by atoms with Crippen LogP contribution in [0.25, 0.3) is 83.0 Å². The smallest absolute Gasteiger partial charge is 0.175 e. The van der Waals surface area contributed by atoms with Crippen LogP contribution in [-0.4, -0.2) is 9.55 Å². The van der Waals surface area contributed by atoms with Crippen molar-refractivity contribution < 1.29 is 4.57 Å². The van der Waals surface area contributed by atoms with E-state index in [2.05, 4.69) is 138 Å². The summed E-state index contributed by atoms with van der Waals surface area (Å²) in [5.41, 5.74) is 10.4. The second-order valence-corrected chi connectivity index (χ2v) is 16.9. The van der Waals surface area contributed by atoms with Crippen molar-refractivity contribution in [3.8, 4) is 50.5 Å². The van der Waals surface area contributed by atoms with Crippen LogP contribution in [0.3, 0.4) is 0 Å². The number of nitrogens with zero attached hydrogens (tertiary/aromatic N) is 2. The van der Waals surface area contributed by atoms with E-state index in [9.17, 15) is 0 Å². The number of aromatic nitrogens is 2. The molecule has 1 unspecified atom stereocenters. The topological polar surface area (TPSA) is 34.9 Å². The van der Waals surface area contributed by atoms with Crippen LogP contribution in [0, 0.1) is 0 Å². The summed E-state index contributed by atoms with van der Waals surface area (Å²) in [7, 11) is -3.41. The molecule has 10 aromatic rings. The van der Waals surface area contributed by atoms with Gasteiger partial charge in [0.15, 0.2) is 7.14 Å². The molecule has 1 atom stereocenters. The maximum atomic E-state index is 16.4. The van der Waals surface area contributed by atoms with Crippen molar-refractivity contribution in [2.75, 3.05) is 0 Å². The molecule has 1 aromatic heterocycles. The predicted octanol–water partition coefficient (Wildman–Crippen LogP) is 12.0. The van der Waals surface area contributed by atoms with Gasteiger partial charge in [-0.3, -0.25) is 4.57 Å². The fourth-order valence-electron chi connectivity index (χ4n) is 8.88. The molecule has 0 amide bonds. The number of hydrogen-bond acceptors (Lipinski definition) is 2. The second kappa shape index (κ2) is 12.4. The van der Waals surface area contributed by atoms with E-state index in [1.807, 2.05) is 66.7 Å². The van der Waals surface area contributed by atoms with Gasteiger partial charge >= 0.3 is 0 Å². The van der Waals surface area contributed by atoms with Crippen molar-refractivity contribution in [3.05, 3.63) is 200 Å². The van der Waals surface area contributed by atoms with Gasteiger partial charge in [-0.2, -0.15) is 0 Å². The van der Waals surface area contributed by atoms with E-state index in [1.54, 1.807) is 0 Å². The summed E-state index contributed by atoms with van der Waals surface area (Å²) in [4.78, 5) is 5.20. The van der Waals surface area contributed by atoms with Crippen LogP contribution in [0.5, 0.6) is 0 Å². The number of imidazole rings is 1. The number of rotatable bonds is 5. The molecule has 0 saturated carbocycles. The molecule has 9 aromatic carbocycles. The molecule has 0 aliphatic carbocycles. The quantitative estimate of drug-likeness (QED) is 0.131. The molecule has 55 heavy (non-hydrogen) atoms. The summed E-state index contributed by atoms with van der Waals surface area (Å²) in [5.74, 6) is 0.839. The minimum Gasteiger partial charge on any atom is -0.308 e. The third kappa shape index (κ3) is 4.70. The van der Waals surface area contributed by atoms with Gasteiger partial charge in [-0.15, -0.1) is 0 Å². The summed E-state index contributed by atoms with van der Waals surface area (Å²) in [5, 5.41) is 7.29. The lowest BCUT2D eigenvalue weighted by molar-refractivity contribution is 0.592. The van der Waals surface area contributed by atoms with Crippen molar-refractivity contribution >= 4 is 55.6 Å². The van der Waals surface area contributed by atoms with E-state index < -0.39 is 7.14 Å². The van der Waals surface area contributed by atoms with Gasteiger partial charge in [-0.1, -0.05) is 176 Å². The monoisotopic (exact) mass is 720 g/mol. The molecule has 1 aliphatic heterocycles. The molecule has 0 spiro atoms. The number of para-hydroxylation sites is 1. The van der Waals surface area contributed by atoms with Gasteiger partial charge in [0.05, 0.1) is 22.0 Å². The van der Waals surface area contributed by atoms with Gasteiger partial charge in [0.2, 0.25) is 0 Å².